The second-order valence-corrected chi connectivity index (χ2v) is 9.19. The first-order valence-electron chi connectivity index (χ1n) is 9.39. The third kappa shape index (κ3) is 4.05. The first kappa shape index (κ1) is 20.0. The second-order valence-electron chi connectivity index (χ2n) is 6.89. The van der Waals surface area contributed by atoms with Gasteiger partial charge in [0.2, 0.25) is 15.9 Å². The number of amides is 1. The van der Waals surface area contributed by atoms with Crippen molar-refractivity contribution in [2.24, 2.45) is 0 Å². The highest BCUT2D eigenvalue weighted by Crippen LogP contribution is 2.34. The van der Waals surface area contributed by atoms with Crippen LogP contribution in [0.1, 0.15) is 18.4 Å². The molecule has 1 N–H and O–H groups in total. The van der Waals surface area contributed by atoms with Gasteiger partial charge in [-0.25, -0.2) is 8.42 Å². The number of carbonyl (C=O) groups is 1. The molecular weight excluding hydrogens is 416 g/mol. The molecule has 0 saturated carbocycles. The van der Waals surface area contributed by atoms with E-state index in [0.717, 1.165) is 5.56 Å². The fourth-order valence-corrected chi connectivity index (χ4v) is 5.43. The van der Waals surface area contributed by atoms with Crippen LogP contribution in [0.25, 0.3) is 0 Å². The number of fused-ring (bicyclic) bond motifs is 1. The number of benzene rings is 2. The number of hydrogen-bond acceptors (Lipinski definition) is 5. The monoisotopic (exact) mass is 436 g/mol. The molecule has 0 spiro atoms. The molecule has 2 aliphatic rings. The normalized spacial score (nSPS) is 19.1. The largest absolute Gasteiger partial charge is 0.486 e. The van der Waals surface area contributed by atoms with Crippen molar-refractivity contribution in [1.82, 2.24) is 9.62 Å². The predicted molar refractivity (Wildman–Crippen MR) is 108 cm³/mol. The quantitative estimate of drug-likeness (QED) is 0.778. The van der Waals surface area contributed by atoms with E-state index in [2.05, 4.69) is 5.32 Å². The van der Waals surface area contributed by atoms with Crippen molar-refractivity contribution in [3.05, 3.63) is 53.1 Å². The molecule has 1 fully saturated rings. The summed E-state index contributed by atoms with van der Waals surface area (Å²) >= 11 is 6.13. The van der Waals surface area contributed by atoms with Crippen LogP contribution in [-0.4, -0.2) is 44.4 Å². The highest BCUT2D eigenvalue weighted by atomic mass is 35.5. The molecule has 0 bridgehead atoms. The van der Waals surface area contributed by atoms with E-state index in [0.29, 0.717) is 49.1 Å². The van der Waals surface area contributed by atoms with Crippen LogP contribution in [0.4, 0.5) is 0 Å². The van der Waals surface area contributed by atoms with Crippen molar-refractivity contribution in [1.29, 1.82) is 0 Å². The van der Waals surface area contributed by atoms with Crippen LogP contribution >= 0.6 is 11.6 Å². The minimum atomic E-state index is -3.85. The van der Waals surface area contributed by atoms with Gasteiger partial charge in [0, 0.05) is 24.2 Å². The maximum atomic E-state index is 13.2. The number of carbonyl (C=O) groups excluding carboxylic acids is 1. The van der Waals surface area contributed by atoms with Crippen LogP contribution < -0.4 is 14.8 Å². The van der Waals surface area contributed by atoms with Crippen molar-refractivity contribution in [3.63, 3.8) is 0 Å². The molecule has 2 heterocycles. The summed E-state index contributed by atoms with van der Waals surface area (Å²) < 4.78 is 38.6. The van der Waals surface area contributed by atoms with E-state index < -0.39 is 16.1 Å². The summed E-state index contributed by atoms with van der Waals surface area (Å²) in [4.78, 5) is 12.8. The lowest BCUT2D eigenvalue weighted by molar-refractivity contribution is -0.124. The van der Waals surface area contributed by atoms with Gasteiger partial charge in [-0.1, -0.05) is 29.8 Å². The summed E-state index contributed by atoms with van der Waals surface area (Å²) in [6.07, 6.45) is 1.09. The molecule has 29 heavy (non-hydrogen) atoms. The molecule has 0 aliphatic carbocycles. The zero-order chi connectivity index (χ0) is 20.4. The number of nitrogens with one attached hydrogen (secondary N) is 1. The number of nitrogens with zero attached hydrogens (tertiary/aromatic N) is 1. The molecule has 2 aliphatic heterocycles. The van der Waals surface area contributed by atoms with Gasteiger partial charge in [0.1, 0.15) is 19.3 Å². The van der Waals surface area contributed by atoms with Crippen molar-refractivity contribution < 1.29 is 22.7 Å². The standard InChI is InChI=1S/C20H21ClN2O5S/c21-16-5-2-1-4-14(16)13-22-20(24)17-6-3-9-23(17)29(25,26)15-7-8-18-19(12-15)28-11-10-27-18/h1-2,4-5,7-8,12,17H,3,6,9-11,13H2,(H,22,24)/t17-/m0/s1. The lowest BCUT2D eigenvalue weighted by atomic mass is 10.2. The smallest absolute Gasteiger partial charge is 0.243 e. The number of sulfonamides is 1. The topological polar surface area (TPSA) is 84.9 Å². The minimum absolute atomic E-state index is 0.0903. The Bertz CT molecular complexity index is 1030. The van der Waals surface area contributed by atoms with E-state index in [9.17, 15) is 13.2 Å². The lowest BCUT2D eigenvalue weighted by Gasteiger charge is -2.24. The summed E-state index contributed by atoms with van der Waals surface area (Å²) in [6.45, 7) is 1.33. The lowest BCUT2D eigenvalue weighted by Crippen LogP contribution is -2.45. The van der Waals surface area contributed by atoms with E-state index in [4.69, 9.17) is 21.1 Å². The SMILES string of the molecule is O=C(NCc1ccccc1Cl)[C@@H]1CCCN1S(=O)(=O)c1ccc2c(c1)OCCO2. The molecule has 0 radical (unpaired) electrons. The number of rotatable bonds is 5. The molecule has 9 heteroatoms. The fraction of sp³-hybridized carbons (Fsp3) is 0.350. The Hall–Kier alpha value is -2.29. The highest BCUT2D eigenvalue weighted by Gasteiger charge is 2.39. The number of ether oxygens (including phenoxy) is 2. The molecule has 2 aromatic rings. The van der Waals surface area contributed by atoms with Gasteiger partial charge in [-0.2, -0.15) is 4.31 Å². The molecule has 7 nitrogen and oxygen atoms in total. The maximum Gasteiger partial charge on any atom is 0.243 e. The molecule has 154 valence electrons. The first-order valence-corrected chi connectivity index (χ1v) is 11.2. The summed E-state index contributed by atoms with van der Waals surface area (Å²) in [7, 11) is -3.85. The van der Waals surface area contributed by atoms with Gasteiger partial charge in [0.05, 0.1) is 4.90 Å². The predicted octanol–water partition coefficient (Wildman–Crippen LogP) is 2.58. The molecule has 0 unspecified atom stereocenters. The molecule has 1 amide bonds. The Kier molecular flexibility index (Phi) is 5.67. The molecule has 1 atom stereocenters. The van der Waals surface area contributed by atoms with E-state index in [-0.39, 0.29) is 17.3 Å². The Morgan fingerprint density at radius 3 is 2.69 bits per heavy atom. The van der Waals surface area contributed by atoms with E-state index in [1.54, 1.807) is 12.1 Å². The van der Waals surface area contributed by atoms with Crippen molar-refractivity contribution in [3.8, 4) is 11.5 Å². The third-order valence-corrected chi connectivity index (χ3v) is 7.31. The summed E-state index contributed by atoms with van der Waals surface area (Å²) in [6, 6.07) is 11.0. The first-order chi connectivity index (χ1) is 14.0. The molecular formula is C20H21ClN2O5S. The highest BCUT2D eigenvalue weighted by molar-refractivity contribution is 7.89. The van der Waals surface area contributed by atoms with Crippen molar-refractivity contribution in [2.75, 3.05) is 19.8 Å². The third-order valence-electron chi connectivity index (χ3n) is 5.04. The second kappa shape index (κ2) is 8.22. The molecule has 1 saturated heterocycles. The molecule has 0 aromatic heterocycles. The summed E-state index contributed by atoms with van der Waals surface area (Å²) in [5.74, 6) is 0.588. The Labute approximate surface area is 174 Å². The van der Waals surface area contributed by atoms with Crippen molar-refractivity contribution in [2.45, 2.75) is 30.3 Å². The van der Waals surface area contributed by atoms with Crippen molar-refractivity contribution >= 4 is 27.5 Å². The Morgan fingerprint density at radius 1 is 1.14 bits per heavy atom. The summed E-state index contributed by atoms with van der Waals surface area (Å²) in [5.41, 5.74) is 0.779. The van der Waals surface area contributed by atoms with Crippen LogP contribution in [0.5, 0.6) is 11.5 Å². The van der Waals surface area contributed by atoms with Crippen LogP contribution in [0, 0.1) is 0 Å². The average molecular weight is 437 g/mol. The van der Waals surface area contributed by atoms with Gasteiger partial charge in [0.15, 0.2) is 11.5 Å². The van der Waals surface area contributed by atoms with E-state index in [1.807, 2.05) is 18.2 Å². The Balaban J connectivity index is 1.51. The summed E-state index contributed by atoms with van der Waals surface area (Å²) in [5, 5.41) is 3.37. The van der Waals surface area contributed by atoms with Gasteiger partial charge >= 0.3 is 0 Å². The number of hydrogen-bond donors (Lipinski definition) is 1. The van der Waals surface area contributed by atoms with Crippen LogP contribution in [0.15, 0.2) is 47.4 Å². The average Bonchev–Trinajstić information content (AvgIpc) is 3.23. The van der Waals surface area contributed by atoms with Crippen LogP contribution in [0.3, 0.4) is 0 Å². The molecule has 2 aromatic carbocycles. The van der Waals surface area contributed by atoms with Gasteiger partial charge in [-0.3, -0.25) is 4.79 Å². The van der Waals surface area contributed by atoms with Crippen LogP contribution in [-0.2, 0) is 21.4 Å². The Morgan fingerprint density at radius 2 is 1.90 bits per heavy atom. The molecule has 4 rings (SSSR count). The number of halogens is 1. The van der Waals surface area contributed by atoms with Gasteiger partial charge in [-0.15, -0.1) is 0 Å². The van der Waals surface area contributed by atoms with Gasteiger partial charge < -0.3 is 14.8 Å². The van der Waals surface area contributed by atoms with Gasteiger partial charge in [-0.05, 0) is 36.6 Å². The minimum Gasteiger partial charge on any atom is -0.486 e. The fourth-order valence-electron chi connectivity index (χ4n) is 3.55. The zero-order valence-electron chi connectivity index (χ0n) is 15.6. The maximum absolute atomic E-state index is 13.2. The zero-order valence-corrected chi connectivity index (χ0v) is 17.2. The van der Waals surface area contributed by atoms with E-state index in [1.165, 1.54) is 16.4 Å². The van der Waals surface area contributed by atoms with Gasteiger partial charge in [0.25, 0.3) is 0 Å². The van der Waals surface area contributed by atoms with Crippen LogP contribution in [0.2, 0.25) is 5.02 Å². The van der Waals surface area contributed by atoms with E-state index >= 15 is 0 Å².